The van der Waals surface area contributed by atoms with Crippen LogP contribution in [0, 0.1) is 11.3 Å². The predicted octanol–water partition coefficient (Wildman–Crippen LogP) is 2.47. The Balaban J connectivity index is 2.29. The van der Waals surface area contributed by atoms with Gasteiger partial charge >= 0.3 is 0 Å². The minimum absolute atomic E-state index is 0.518. The molecule has 18 heavy (non-hydrogen) atoms. The molecule has 0 spiro atoms. The summed E-state index contributed by atoms with van der Waals surface area (Å²) in [5.74, 6) is 0. The molecule has 1 N–H and O–H groups in total. The van der Waals surface area contributed by atoms with Crippen LogP contribution < -0.4 is 5.32 Å². The van der Waals surface area contributed by atoms with Crippen LogP contribution in [0.1, 0.15) is 11.1 Å². The molecular weight excluding hydrogens is 224 g/mol. The van der Waals surface area contributed by atoms with Gasteiger partial charge in [-0.2, -0.15) is 5.26 Å². The third kappa shape index (κ3) is 2.55. The maximum absolute atomic E-state index is 10.2. The molecule has 0 aliphatic rings. The summed E-state index contributed by atoms with van der Waals surface area (Å²) in [6, 6.07) is 17.5. The summed E-state index contributed by atoms with van der Waals surface area (Å²) in [4.78, 5) is 10.2. The average molecular weight is 236 g/mol. The fourth-order valence-electron chi connectivity index (χ4n) is 1.79. The Morgan fingerprint density at radius 3 is 2.50 bits per heavy atom. The third-order valence-electron chi connectivity index (χ3n) is 2.70. The van der Waals surface area contributed by atoms with Gasteiger partial charge < -0.3 is 5.32 Å². The molecule has 0 aliphatic heterocycles. The van der Waals surface area contributed by atoms with E-state index < -0.39 is 0 Å². The normalized spacial score (nSPS) is 9.50. The zero-order chi connectivity index (χ0) is 12.8. The Bertz CT molecular complexity index is 582. The molecule has 0 unspecified atom stereocenters. The summed E-state index contributed by atoms with van der Waals surface area (Å²) in [5.41, 5.74) is 3.62. The number of nitrogens with one attached hydrogen (secondary N) is 1. The molecule has 3 nitrogen and oxygen atoms in total. The zero-order valence-electron chi connectivity index (χ0n) is 9.76. The van der Waals surface area contributed by atoms with Crippen LogP contribution >= 0.6 is 0 Å². The Labute approximate surface area is 106 Å². The fourth-order valence-corrected chi connectivity index (χ4v) is 1.79. The van der Waals surface area contributed by atoms with Gasteiger partial charge in [0.05, 0.1) is 11.6 Å². The molecule has 0 radical (unpaired) electrons. The molecule has 2 aromatic carbocycles. The maximum atomic E-state index is 10.2. The Morgan fingerprint density at radius 2 is 1.83 bits per heavy atom. The molecule has 88 valence electrons. The van der Waals surface area contributed by atoms with Crippen molar-refractivity contribution in [3.05, 3.63) is 59.7 Å². The lowest BCUT2D eigenvalue weighted by Gasteiger charge is -2.05. The third-order valence-corrected chi connectivity index (χ3v) is 2.70. The van der Waals surface area contributed by atoms with Crippen molar-refractivity contribution in [3.63, 3.8) is 0 Å². The summed E-state index contributed by atoms with van der Waals surface area (Å²) in [7, 11) is 0. The summed E-state index contributed by atoms with van der Waals surface area (Å²) < 4.78 is 0. The number of benzene rings is 2. The van der Waals surface area contributed by atoms with Gasteiger partial charge in [-0.15, -0.1) is 0 Å². The van der Waals surface area contributed by atoms with Gasteiger partial charge in [0.25, 0.3) is 0 Å². The van der Waals surface area contributed by atoms with Crippen LogP contribution in [-0.4, -0.2) is 6.41 Å². The second-order valence-corrected chi connectivity index (χ2v) is 3.85. The number of rotatable bonds is 4. The number of hydrogen-bond donors (Lipinski definition) is 1. The first-order valence-electron chi connectivity index (χ1n) is 5.60. The van der Waals surface area contributed by atoms with Crippen molar-refractivity contribution in [2.24, 2.45) is 0 Å². The highest BCUT2D eigenvalue weighted by atomic mass is 16.1. The minimum Gasteiger partial charge on any atom is -0.355 e. The van der Waals surface area contributed by atoms with E-state index in [4.69, 9.17) is 5.26 Å². The summed E-state index contributed by atoms with van der Waals surface area (Å²) in [6.07, 6.45) is 0.679. The molecule has 0 atom stereocenters. The first-order valence-corrected chi connectivity index (χ1v) is 5.60. The van der Waals surface area contributed by atoms with Gasteiger partial charge in [0, 0.05) is 6.54 Å². The SMILES string of the molecule is N#Cc1ccccc1-c1ccc(CNC=O)cc1. The van der Waals surface area contributed by atoms with E-state index in [2.05, 4.69) is 11.4 Å². The first kappa shape index (κ1) is 11.9. The van der Waals surface area contributed by atoms with Crippen LogP contribution in [0.4, 0.5) is 0 Å². The van der Waals surface area contributed by atoms with E-state index in [1.54, 1.807) is 6.07 Å². The fraction of sp³-hybridized carbons (Fsp3) is 0.0667. The molecular formula is C15H12N2O. The summed E-state index contributed by atoms with van der Waals surface area (Å²) in [5, 5.41) is 11.7. The van der Waals surface area contributed by atoms with Gasteiger partial charge in [-0.25, -0.2) is 0 Å². The summed E-state index contributed by atoms with van der Waals surface area (Å²) in [6.45, 7) is 0.518. The zero-order valence-corrected chi connectivity index (χ0v) is 9.76. The number of carbonyl (C=O) groups is 1. The van der Waals surface area contributed by atoms with Gasteiger partial charge in [-0.05, 0) is 22.8 Å². The van der Waals surface area contributed by atoms with Crippen molar-refractivity contribution < 1.29 is 4.79 Å². The number of carbonyl (C=O) groups excluding carboxylic acids is 1. The summed E-state index contributed by atoms with van der Waals surface area (Å²) >= 11 is 0. The Kier molecular flexibility index (Phi) is 3.72. The lowest BCUT2D eigenvalue weighted by atomic mass is 9.99. The monoisotopic (exact) mass is 236 g/mol. The van der Waals surface area contributed by atoms with Crippen LogP contribution in [0.25, 0.3) is 11.1 Å². The molecule has 0 heterocycles. The molecule has 0 saturated heterocycles. The smallest absolute Gasteiger partial charge is 0.207 e. The largest absolute Gasteiger partial charge is 0.355 e. The van der Waals surface area contributed by atoms with Crippen LogP contribution in [0.3, 0.4) is 0 Å². The Hall–Kier alpha value is -2.60. The molecule has 3 heteroatoms. The molecule has 0 aliphatic carbocycles. The van der Waals surface area contributed by atoms with E-state index in [1.165, 1.54) is 0 Å². The van der Waals surface area contributed by atoms with Crippen molar-refractivity contribution in [2.45, 2.75) is 6.54 Å². The lowest BCUT2D eigenvalue weighted by molar-refractivity contribution is -0.109. The van der Waals surface area contributed by atoms with E-state index in [-0.39, 0.29) is 0 Å². The van der Waals surface area contributed by atoms with Crippen LogP contribution in [0.5, 0.6) is 0 Å². The highest BCUT2D eigenvalue weighted by molar-refractivity contribution is 5.70. The molecule has 0 bridgehead atoms. The highest BCUT2D eigenvalue weighted by Crippen LogP contribution is 2.23. The second-order valence-electron chi connectivity index (χ2n) is 3.85. The molecule has 1 amide bonds. The lowest BCUT2D eigenvalue weighted by Crippen LogP contribution is -2.09. The van der Waals surface area contributed by atoms with Crippen molar-refractivity contribution in [1.82, 2.24) is 5.32 Å². The minimum atomic E-state index is 0.518. The van der Waals surface area contributed by atoms with Gasteiger partial charge in [-0.1, -0.05) is 42.5 Å². The highest BCUT2D eigenvalue weighted by Gasteiger charge is 2.03. The van der Waals surface area contributed by atoms with Crippen molar-refractivity contribution in [3.8, 4) is 17.2 Å². The number of hydrogen-bond acceptors (Lipinski definition) is 2. The molecule has 2 rings (SSSR count). The Morgan fingerprint density at radius 1 is 1.11 bits per heavy atom. The van der Waals surface area contributed by atoms with Crippen molar-refractivity contribution in [1.29, 1.82) is 5.26 Å². The van der Waals surface area contributed by atoms with Crippen molar-refractivity contribution >= 4 is 6.41 Å². The second kappa shape index (κ2) is 5.65. The van der Waals surface area contributed by atoms with E-state index in [9.17, 15) is 4.79 Å². The van der Waals surface area contributed by atoms with Crippen LogP contribution in [0.2, 0.25) is 0 Å². The number of amides is 1. The van der Waals surface area contributed by atoms with Crippen LogP contribution in [0.15, 0.2) is 48.5 Å². The first-order chi connectivity index (χ1) is 8.85. The van der Waals surface area contributed by atoms with Crippen LogP contribution in [-0.2, 0) is 11.3 Å². The van der Waals surface area contributed by atoms with E-state index in [0.717, 1.165) is 16.7 Å². The van der Waals surface area contributed by atoms with E-state index in [1.807, 2.05) is 42.5 Å². The molecule has 0 aromatic heterocycles. The van der Waals surface area contributed by atoms with Gasteiger partial charge in [0.2, 0.25) is 6.41 Å². The van der Waals surface area contributed by atoms with Gasteiger partial charge in [0.1, 0.15) is 0 Å². The average Bonchev–Trinajstić information content (AvgIpc) is 2.45. The van der Waals surface area contributed by atoms with E-state index in [0.29, 0.717) is 18.5 Å². The van der Waals surface area contributed by atoms with Crippen molar-refractivity contribution in [2.75, 3.05) is 0 Å². The maximum Gasteiger partial charge on any atom is 0.207 e. The number of nitriles is 1. The quantitative estimate of drug-likeness (QED) is 0.829. The molecule has 2 aromatic rings. The van der Waals surface area contributed by atoms with Gasteiger partial charge in [-0.3, -0.25) is 4.79 Å². The topological polar surface area (TPSA) is 52.9 Å². The number of nitrogens with zero attached hydrogens (tertiary/aromatic N) is 1. The molecule has 0 saturated carbocycles. The standard InChI is InChI=1S/C15H12N2O/c16-9-14-3-1-2-4-15(14)13-7-5-12(6-8-13)10-17-11-18/h1-8,11H,10H2,(H,17,18). The predicted molar refractivity (Wildman–Crippen MR) is 69.5 cm³/mol. The van der Waals surface area contributed by atoms with E-state index >= 15 is 0 Å². The molecule has 0 fully saturated rings. The van der Waals surface area contributed by atoms with Gasteiger partial charge in [0.15, 0.2) is 0 Å².